The van der Waals surface area contributed by atoms with Crippen LogP contribution >= 0.6 is 11.8 Å². The average molecular weight is 405 g/mol. The Morgan fingerprint density at radius 3 is 2.33 bits per heavy atom. The number of piperidine rings is 1. The number of nitrogens with one attached hydrogen (secondary N) is 1. The van der Waals surface area contributed by atoms with Crippen LogP contribution in [0, 0.1) is 6.92 Å². The van der Waals surface area contributed by atoms with Gasteiger partial charge in [-0.1, -0.05) is 35.9 Å². The van der Waals surface area contributed by atoms with Crippen LogP contribution in [0.5, 0.6) is 0 Å². The number of hydrogen-bond acceptors (Lipinski definition) is 4. The second-order valence-corrected chi connectivity index (χ2v) is 9.45. The summed E-state index contributed by atoms with van der Waals surface area (Å²) >= 11 is 1.54. The molecule has 0 radical (unpaired) electrons. The van der Waals surface area contributed by atoms with Crippen molar-refractivity contribution in [2.24, 2.45) is 0 Å². The highest BCUT2D eigenvalue weighted by Crippen LogP contribution is 2.20. The molecule has 3 rings (SSSR count). The third-order valence-electron chi connectivity index (χ3n) is 4.61. The molecular weight excluding hydrogens is 380 g/mol. The molecule has 1 saturated heterocycles. The number of likely N-dealkylation sites (tertiary alicyclic amines) is 1. The molecule has 2 aromatic rings. The lowest BCUT2D eigenvalue weighted by molar-refractivity contribution is -0.129. The minimum absolute atomic E-state index is 0.102. The molecule has 0 atom stereocenters. The number of benzene rings is 2. The number of hydrogen-bond donors (Lipinski definition) is 1. The molecule has 1 heterocycles. The van der Waals surface area contributed by atoms with Crippen molar-refractivity contribution in [1.82, 2.24) is 9.62 Å². The Morgan fingerprint density at radius 1 is 1.07 bits per heavy atom. The first-order chi connectivity index (χ1) is 12.9. The normalized spacial score (nSPS) is 15.7. The Kier molecular flexibility index (Phi) is 6.57. The van der Waals surface area contributed by atoms with E-state index in [0.717, 1.165) is 4.90 Å². The fraction of sp³-hybridized carbons (Fsp3) is 0.350. The summed E-state index contributed by atoms with van der Waals surface area (Å²) in [5.74, 6) is 0.508. The maximum atomic E-state index is 12.4. The predicted octanol–water partition coefficient (Wildman–Crippen LogP) is 3.06. The maximum absolute atomic E-state index is 12.4. The molecule has 144 valence electrons. The summed E-state index contributed by atoms with van der Waals surface area (Å²) in [5.41, 5.74) is 1.20. The fourth-order valence-electron chi connectivity index (χ4n) is 3.00. The van der Waals surface area contributed by atoms with Crippen molar-refractivity contribution >= 4 is 27.7 Å². The lowest BCUT2D eigenvalue weighted by Crippen LogP contribution is -2.46. The molecule has 1 aliphatic rings. The summed E-state index contributed by atoms with van der Waals surface area (Å²) in [6.07, 6.45) is 1.26. The van der Waals surface area contributed by atoms with Gasteiger partial charge in [-0.05, 0) is 44.0 Å². The lowest BCUT2D eigenvalue weighted by Gasteiger charge is -2.32. The van der Waals surface area contributed by atoms with Crippen molar-refractivity contribution in [3.05, 3.63) is 60.2 Å². The molecule has 0 spiro atoms. The predicted molar refractivity (Wildman–Crippen MR) is 108 cm³/mol. The smallest absolute Gasteiger partial charge is 0.240 e. The van der Waals surface area contributed by atoms with E-state index in [9.17, 15) is 13.2 Å². The monoisotopic (exact) mass is 404 g/mol. The standard InChI is InChI=1S/C20H24N2O3S2/c1-16-7-9-18(10-8-16)26-15-20(23)22-13-11-17(12-14-22)21-27(24,25)19-5-3-2-4-6-19/h2-10,17,21H,11-15H2,1H3. The quantitative estimate of drug-likeness (QED) is 0.752. The van der Waals surface area contributed by atoms with Crippen LogP contribution in [0.15, 0.2) is 64.4 Å². The molecule has 0 bridgehead atoms. The minimum atomic E-state index is -3.51. The van der Waals surface area contributed by atoms with Gasteiger partial charge in [0.05, 0.1) is 10.6 Å². The van der Waals surface area contributed by atoms with Gasteiger partial charge >= 0.3 is 0 Å². The number of thioether (sulfide) groups is 1. The van der Waals surface area contributed by atoms with Crippen LogP contribution in [0.1, 0.15) is 18.4 Å². The lowest BCUT2D eigenvalue weighted by atomic mass is 10.1. The zero-order valence-electron chi connectivity index (χ0n) is 15.3. The Hall–Kier alpha value is -1.83. The van der Waals surface area contributed by atoms with E-state index in [1.165, 1.54) is 17.3 Å². The number of aryl methyl sites for hydroxylation is 1. The largest absolute Gasteiger partial charge is 0.342 e. The van der Waals surface area contributed by atoms with Crippen molar-refractivity contribution in [3.63, 3.8) is 0 Å². The molecule has 7 heteroatoms. The number of rotatable bonds is 6. The summed E-state index contributed by atoms with van der Waals surface area (Å²) in [6, 6.07) is 16.4. The van der Waals surface area contributed by atoms with Crippen molar-refractivity contribution in [2.45, 2.75) is 35.6 Å². The van der Waals surface area contributed by atoms with E-state index < -0.39 is 10.0 Å². The van der Waals surface area contributed by atoms with E-state index in [-0.39, 0.29) is 16.8 Å². The van der Waals surface area contributed by atoms with Crippen LogP contribution in [-0.4, -0.2) is 44.1 Å². The van der Waals surface area contributed by atoms with Crippen molar-refractivity contribution < 1.29 is 13.2 Å². The Morgan fingerprint density at radius 2 is 1.70 bits per heavy atom. The zero-order chi connectivity index (χ0) is 19.3. The highest BCUT2D eigenvalue weighted by atomic mass is 32.2. The molecule has 0 saturated carbocycles. The van der Waals surface area contributed by atoms with E-state index >= 15 is 0 Å². The SMILES string of the molecule is Cc1ccc(SCC(=O)N2CCC(NS(=O)(=O)c3ccccc3)CC2)cc1. The van der Waals surface area contributed by atoms with Crippen molar-refractivity contribution in [2.75, 3.05) is 18.8 Å². The molecule has 1 N–H and O–H groups in total. The number of sulfonamides is 1. The molecule has 0 aliphatic carbocycles. The van der Waals surface area contributed by atoms with Crippen LogP contribution in [0.4, 0.5) is 0 Å². The highest BCUT2D eigenvalue weighted by Gasteiger charge is 2.26. The van der Waals surface area contributed by atoms with E-state index in [1.54, 1.807) is 30.3 Å². The van der Waals surface area contributed by atoms with E-state index in [4.69, 9.17) is 0 Å². The number of carbonyl (C=O) groups excluding carboxylic acids is 1. The van der Waals surface area contributed by atoms with Crippen LogP contribution in [0.3, 0.4) is 0 Å². The summed E-state index contributed by atoms with van der Waals surface area (Å²) in [7, 11) is -3.51. The molecule has 2 aromatic carbocycles. The molecular formula is C20H24N2O3S2. The summed E-state index contributed by atoms with van der Waals surface area (Å²) in [5, 5.41) is 0. The summed E-state index contributed by atoms with van der Waals surface area (Å²) in [6.45, 7) is 3.19. The van der Waals surface area contributed by atoms with Crippen LogP contribution in [0.25, 0.3) is 0 Å². The van der Waals surface area contributed by atoms with E-state index in [2.05, 4.69) is 4.72 Å². The van der Waals surface area contributed by atoms with Gasteiger partial charge in [0, 0.05) is 24.0 Å². The number of carbonyl (C=O) groups is 1. The Labute approximate surface area is 165 Å². The maximum Gasteiger partial charge on any atom is 0.240 e. The summed E-state index contributed by atoms with van der Waals surface area (Å²) in [4.78, 5) is 15.6. The van der Waals surface area contributed by atoms with Gasteiger partial charge in [-0.15, -0.1) is 11.8 Å². The topological polar surface area (TPSA) is 66.5 Å². The highest BCUT2D eigenvalue weighted by molar-refractivity contribution is 8.00. The summed E-state index contributed by atoms with van der Waals surface area (Å²) < 4.78 is 27.6. The van der Waals surface area contributed by atoms with Gasteiger partial charge in [0.15, 0.2) is 0 Å². The second kappa shape index (κ2) is 8.91. The molecule has 0 unspecified atom stereocenters. The zero-order valence-corrected chi connectivity index (χ0v) is 16.9. The Balaban J connectivity index is 1.47. The molecule has 0 aromatic heterocycles. The average Bonchev–Trinajstić information content (AvgIpc) is 2.68. The Bertz CT molecular complexity index is 860. The van der Waals surface area contributed by atoms with Gasteiger partial charge in [-0.2, -0.15) is 0 Å². The van der Waals surface area contributed by atoms with Crippen molar-refractivity contribution in [1.29, 1.82) is 0 Å². The van der Waals surface area contributed by atoms with Gasteiger partial charge in [-0.3, -0.25) is 4.79 Å². The fourth-order valence-corrected chi connectivity index (χ4v) is 5.13. The number of nitrogens with zero attached hydrogens (tertiary/aromatic N) is 1. The molecule has 5 nitrogen and oxygen atoms in total. The second-order valence-electron chi connectivity index (χ2n) is 6.69. The van der Waals surface area contributed by atoms with E-state index in [0.29, 0.717) is 31.7 Å². The minimum Gasteiger partial charge on any atom is -0.342 e. The third kappa shape index (κ3) is 5.57. The third-order valence-corrected chi connectivity index (χ3v) is 7.14. The first kappa shape index (κ1) is 19.9. The van der Waals surface area contributed by atoms with Gasteiger partial charge in [0.1, 0.15) is 0 Å². The van der Waals surface area contributed by atoms with Crippen LogP contribution < -0.4 is 4.72 Å². The first-order valence-electron chi connectivity index (χ1n) is 8.99. The van der Waals surface area contributed by atoms with Gasteiger partial charge < -0.3 is 4.90 Å². The number of amides is 1. The molecule has 1 amide bonds. The van der Waals surface area contributed by atoms with Crippen molar-refractivity contribution in [3.8, 4) is 0 Å². The molecule has 1 aliphatic heterocycles. The first-order valence-corrected chi connectivity index (χ1v) is 11.5. The van der Waals surface area contributed by atoms with Gasteiger partial charge in [-0.25, -0.2) is 13.1 Å². The van der Waals surface area contributed by atoms with Crippen LogP contribution in [-0.2, 0) is 14.8 Å². The van der Waals surface area contributed by atoms with Gasteiger partial charge in [0.25, 0.3) is 0 Å². The molecule has 27 heavy (non-hydrogen) atoms. The molecule has 1 fully saturated rings. The van der Waals surface area contributed by atoms with E-state index in [1.807, 2.05) is 36.1 Å². The van der Waals surface area contributed by atoms with Crippen LogP contribution in [0.2, 0.25) is 0 Å². The van der Waals surface area contributed by atoms with Gasteiger partial charge in [0.2, 0.25) is 15.9 Å².